The minimum Gasteiger partial charge on any atom is -0.481 e. The zero-order valence-electron chi connectivity index (χ0n) is 21.5. The number of carbonyl (C=O) groups excluding carboxylic acids is 1. The second-order valence-corrected chi connectivity index (χ2v) is 12.2. The van der Waals surface area contributed by atoms with Crippen LogP contribution in [0.15, 0.2) is 59.6 Å². The summed E-state index contributed by atoms with van der Waals surface area (Å²) in [5.41, 5.74) is 0.204. The van der Waals surface area contributed by atoms with Gasteiger partial charge >= 0.3 is 5.97 Å². The van der Waals surface area contributed by atoms with Crippen LogP contribution in [-0.2, 0) is 27.8 Å². The first kappa shape index (κ1) is 26.9. The average molecular weight is 556 g/mol. The third kappa shape index (κ3) is 5.30. The summed E-state index contributed by atoms with van der Waals surface area (Å²) >= 11 is 0. The summed E-state index contributed by atoms with van der Waals surface area (Å²) in [5, 5.41) is 18.0. The predicted octanol–water partition coefficient (Wildman–Crippen LogP) is 3.03. The van der Waals surface area contributed by atoms with Gasteiger partial charge in [-0.05, 0) is 67.9 Å². The van der Waals surface area contributed by atoms with E-state index >= 15 is 0 Å². The van der Waals surface area contributed by atoms with E-state index in [-0.39, 0.29) is 41.3 Å². The number of fused-ring (bicyclic) bond motifs is 2. The van der Waals surface area contributed by atoms with Crippen molar-refractivity contribution in [1.82, 2.24) is 24.6 Å². The van der Waals surface area contributed by atoms with Crippen molar-refractivity contribution in [2.45, 2.75) is 49.6 Å². The van der Waals surface area contributed by atoms with Gasteiger partial charge < -0.3 is 10.0 Å². The number of carboxylic acids is 1. The number of hydrogen-bond donors (Lipinski definition) is 2. The van der Waals surface area contributed by atoms with E-state index in [1.807, 2.05) is 0 Å². The molecule has 2 bridgehead atoms. The van der Waals surface area contributed by atoms with Crippen molar-refractivity contribution in [3.05, 3.63) is 77.4 Å². The van der Waals surface area contributed by atoms with Gasteiger partial charge in [0.15, 0.2) is 0 Å². The number of rotatable bonds is 10. The molecule has 1 amide bonds. The SMILES string of the molecule is CN(CCc1ccccc1F)C(=O)c1cccc(S(=O)(=O)NCc2cn(C3CC4CCC3(C(=O)O)C4)nn2)c1. The second kappa shape index (κ2) is 10.5. The van der Waals surface area contributed by atoms with Crippen LogP contribution in [0, 0.1) is 17.2 Å². The summed E-state index contributed by atoms with van der Waals surface area (Å²) in [7, 11) is -2.41. The average Bonchev–Trinajstić information content (AvgIpc) is 3.67. The van der Waals surface area contributed by atoms with E-state index in [1.54, 1.807) is 36.1 Å². The van der Waals surface area contributed by atoms with Crippen LogP contribution in [0.1, 0.15) is 53.3 Å². The molecule has 0 spiro atoms. The Morgan fingerprint density at radius 3 is 2.77 bits per heavy atom. The van der Waals surface area contributed by atoms with Crippen molar-refractivity contribution in [1.29, 1.82) is 0 Å². The molecule has 2 N–H and O–H groups in total. The maximum absolute atomic E-state index is 13.9. The molecule has 0 radical (unpaired) electrons. The number of likely N-dealkylation sites (N-methyl/N-ethyl adjacent to an activating group) is 1. The molecule has 1 aromatic heterocycles. The van der Waals surface area contributed by atoms with Crippen molar-refractivity contribution < 1.29 is 27.5 Å². The van der Waals surface area contributed by atoms with Crippen molar-refractivity contribution in [3.8, 4) is 0 Å². The molecule has 206 valence electrons. The number of aliphatic carboxylic acids is 1. The lowest BCUT2D eigenvalue weighted by Crippen LogP contribution is -2.36. The second-order valence-electron chi connectivity index (χ2n) is 10.4. The number of halogens is 1. The van der Waals surface area contributed by atoms with Crippen LogP contribution in [0.2, 0.25) is 0 Å². The molecule has 2 aromatic carbocycles. The van der Waals surface area contributed by atoms with Crippen molar-refractivity contribution in [2.24, 2.45) is 11.3 Å². The van der Waals surface area contributed by atoms with Gasteiger partial charge in [-0.2, -0.15) is 0 Å². The van der Waals surface area contributed by atoms with Gasteiger partial charge in [-0.15, -0.1) is 5.10 Å². The number of nitrogens with zero attached hydrogens (tertiary/aromatic N) is 4. The zero-order valence-corrected chi connectivity index (χ0v) is 22.3. The first-order chi connectivity index (χ1) is 18.6. The predicted molar refractivity (Wildman–Crippen MR) is 139 cm³/mol. The van der Waals surface area contributed by atoms with Gasteiger partial charge in [0, 0.05) is 19.2 Å². The Morgan fingerprint density at radius 1 is 1.23 bits per heavy atom. The molecular formula is C27H30FN5O5S. The summed E-state index contributed by atoms with van der Waals surface area (Å²) in [6.45, 7) is 0.120. The van der Waals surface area contributed by atoms with Gasteiger partial charge in [-0.1, -0.05) is 29.5 Å². The van der Waals surface area contributed by atoms with Crippen LogP contribution in [0.3, 0.4) is 0 Å². The van der Waals surface area contributed by atoms with Crippen molar-refractivity contribution in [3.63, 3.8) is 0 Å². The first-order valence-electron chi connectivity index (χ1n) is 12.8. The molecule has 2 aliphatic rings. The van der Waals surface area contributed by atoms with Gasteiger partial charge in [-0.25, -0.2) is 22.2 Å². The van der Waals surface area contributed by atoms with Crippen LogP contribution in [0.4, 0.5) is 4.39 Å². The molecule has 3 unspecified atom stereocenters. The highest BCUT2D eigenvalue weighted by molar-refractivity contribution is 7.89. The molecule has 5 rings (SSSR count). The van der Waals surface area contributed by atoms with Crippen LogP contribution >= 0.6 is 0 Å². The summed E-state index contributed by atoms with van der Waals surface area (Å²) in [4.78, 5) is 26.3. The third-order valence-electron chi connectivity index (χ3n) is 8.00. The summed E-state index contributed by atoms with van der Waals surface area (Å²) in [6.07, 6.45) is 4.77. The van der Waals surface area contributed by atoms with Crippen molar-refractivity contribution in [2.75, 3.05) is 13.6 Å². The maximum atomic E-state index is 13.9. The Morgan fingerprint density at radius 2 is 2.03 bits per heavy atom. The number of benzene rings is 2. The van der Waals surface area contributed by atoms with E-state index in [4.69, 9.17) is 0 Å². The monoisotopic (exact) mass is 555 g/mol. The molecule has 0 saturated heterocycles. The molecule has 2 aliphatic carbocycles. The fraction of sp³-hybridized carbons (Fsp3) is 0.407. The van der Waals surface area contributed by atoms with Crippen LogP contribution in [0.5, 0.6) is 0 Å². The smallest absolute Gasteiger partial charge is 0.311 e. The molecule has 3 aromatic rings. The number of hydrogen-bond acceptors (Lipinski definition) is 6. The fourth-order valence-electron chi connectivity index (χ4n) is 5.83. The molecule has 3 atom stereocenters. The van der Waals surface area contributed by atoms with Crippen molar-refractivity contribution >= 4 is 21.9 Å². The fourth-order valence-corrected chi connectivity index (χ4v) is 6.87. The quantitative estimate of drug-likeness (QED) is 0.393. The third-order valence-corrected chi connectivity index (χ3v) is 9.40. The molecule has 12 heteroatoms. The summed E-state index contributed by atoms with van der Waals surface area (Å²) in [5.74, 6) is -1.19. The molecule has 1 heterocycles. The number of carboxylic acid groups (broad SMARTS) is 1. The highest BCUT2D eigenvalue weighted by Gasteiger charge is 2.58. The number of sulfonamides is 1. The van der Waals surface area contributed by atoms with E-state index in [0.29, 0.717) is 36.4 Å². The maximum Gasteiger partial charge on any atom is 0.311 e. The van der Waals surface area contributed by atoms with Crippen LogP contribution < -0.4 is 4.72 Å². The normalized spacial score (nSPS) is 22.2. The lowest BCUT2D eigenvalue weighted by atomic mass is 9.80. The molecule has 10 nitrogen and oxygen atoms in total. The minimum absolute atomic E-state index is 0.0822. The van der Waals surface area contributed by atoms with E-state index in [2.05, 4.69) is 15.0 Å². The van der Waals surface area contributed by atoms with Gasteiger partial charge in [0.2, 0.25) is 10.0 Å². The summed E-state index contributed by atoms with van der Waals surface area (Å²) in [6, 6.07) is 11.8. The number of nitrogens with one attached hydrogen (secondary N) is 1. The molecule has 39 heavy (non-hydrogen) atoms. The number of carbonyl (C=O) groups is 2. The lowest BCUT2D eigenvalue weighted by molar-refractivity contribution is -0.151. The van der Waals surface area contributed by atoms with Crippen LogP contribution in [0.25, 0.3) is 0 Å². The molecular weight excluding hydrogens is 525 g/mol. The van der Waals surface area contributed by atoms with Crippen LogP contribution in [-0.4, -0.2) is 58.9 Å². The first-order valence-corrected chi connectivity index (χ1v) is 14.3. The van der Waals surface area contributed by atoms with Gasteiger partial charge in [-0.3, -0.25) is 9.59 Å². The Hall–Kier alpha value is -3.64. The highest BCUT2D eigenvalue weighted by Crippen LogP contribution is 2.59. The Bertz CT molecular complexity index is 1510. The number of aromatic nitrogens is 3. The van der Waals surface area contributed by atoms with E-state index in [0.717, 1.165) is 12.8 Å². The molecule has 2 fully saturated rings. The number of amides is 1. The topological polar surface area (TPSA) is 134 Å². The van der Waals surface area contributed by atoms with Gasteiger partial charge in [0.05, 0.1) is 34.8 Å². The Labute approximate surface area is 225 Å². The van der Waals surface area contributed by atoms with E-state index in [9.17, 15) is 27.5 Å². The Balaban J connectivity index is 1.22. The molecule has 0 aliphatic heterocycles. The van der Waals surface area contributed by atoms with Gasteiger partial charge in [0.1, 0.15) is 5.82 Å². The zero-order chi connectivity index (χ0) is 27.8. The lowest BCUT2D eigenvalue weighted by Gasteiger charge is -2.30. The minimum atomic E-state index is -3.99. The largest absolute Gasteiger partial charge is 0.481 e. The van der Waals surface area contributed by atoms with Gasteiger partial charge in [0.25, 0.3) is 5.91 Å². The highest BCUT2D eigenvalue weighted by atomic mass is 32.2. The Kier molecular flexibility index (Phi) is 7.25. The van der Waals surface area contributed by atoms with E-state index in [1.165, 1.54) is 35.2 Å². The summed E-state index contributed by atoms with van der Waals surface area (Å²) < 4.78 is 43.9. The molecule has 2 saturated carbocycles. The standard InChI is InChI=1S/C27H30FN5O5S/c1-32(12-10-19-5-2-3-8-23(19)28)25(34)20-6-4-7-22(14-20)39(37,38)29-16-21-17-33(31-30-21)24-13-18-9-11-27(24,15-18)26(35)36/h2-8,14,17-18,24,29H,9-13,15-16H2,1H3,(H,35,36). The van der Waals surface area contributed by atoms with E-state index < -0.39 is 21.4 Å².